The third kappa shape index (κ3) is 3.09. The van der Waals surface area contributed by atoms with Gasteiger partial charge in [-0.2, -0.15) is 0 Å². The van der Waals surface area contributed by atoms with E-state index in [4.69, 9.17) is 4.42 Å². The van der Waals surface area contributed by atoms with Crippen LogP contribution < -0.4 is 10.2 Å². The zero-order valence-electron chi connectivity index (χ0n) is 14.4. The van der Waals surface area contributed by atoms with Gasteiger partial charge in [-0.3, -0.25) is 14.9 Å². The van der Waals surface area contributed by atoms with Gasteiger partial charge in [0.15, 0.2) is 0 Å². The molecule has 1 aliphatic rings. The smallest absolute Gasteiger partial charge is 0.335 e. The molecule has 4 rings (SSSR count). The van der Waals surface area contributed by atoms with Crippen molar-refractivity contribution < 1.29 is 23.2 Å². The molecule has 6 nitrogen and oxygen atoms in total. The first-order chi connectivity index (χ1) is 13.5. The lowest BCUT2D eigenvalue weighted by Gasteiger charge is -2.26. The normalized spacial score (nSPS) is 15.8. The van der Waals surface area contributed by atoms with E-state index in [0.29, 0.717) is 5.69 Å². The first-order valence-corrected chi connectivity index (χ1v) is 8.36. The minimum Gasteiger partial charge on any atom is -0.457 e. The summed E-state index contributed by atoms with van der Waals surface area (Å²) in [6, 6.07) is 16.5. The van der Waals surface area contributed by atoms with Gasteiger partial charge >= 0.3 is 6.03 Å². The van der Waals surface area contributed by atoms with Crippen molar-refractivity contribution in [1.29, 1.82) is 0 Å². The third-order valence-corrected chi connectivity index (χ3v) is 4.17. The highest BCUT2D eigenvalue weighted by Gasteiger charge is 2.36. The second kappa shape index (κ2) is 6.96. The molecule has 3 aromatic rings. The Morgan fingerprint density at radius 1 is 0.893 bits per heavy atom. The molecule has 28 heavy (non-hydrogen) atoms. The highest BCUT2D eigenvalue weighted by atomic mass is 19.1. The molecule has 1 aromatic heterocycles. The van der Waals surface area contributed by atoms with Crippen LogP contribution in [0.15, 0.2) is 76.7 Å². The highest BCUT2D eigenvalue weighted by Crippen LogP contribution is 2.27. The van der Waals surface area contributed by atoms with Crippen LogP contribution in [0.5, 0.6) is 0 Å². The molecule has 4 amide bonds. The summed E-state index contributed by atoms with van der Waals surface area (Å²) in [4.78, 5) is 37.9. The topological polar surface area (TPSA) is 79.6 Å². The summed E-state index contributed by atoms with van der Waals surface area (Å²) in [5.74, 6) is -1.62. The fourth-order valence-corrected chi connectivity index (χ4v) is 2.85. The summed E-state index contributed by atoms with van der Waals surface area (Å²) >= 11 is 0. The minimum atomic E-state index is -0.829. The van der Waals surface area contributed by atoms with Crippen molar-refractivity contribution in [2.24, 2.45) is 0 Å². The van der Waals surface area contributed by atoms with Gasteiger partial charge in [0, 0.05) is 0 Å². The van der Waals surface area contributed by atoms with Crippen LogP contribution in [-0.2, 0) is 9.59 Å². The van der Waals surface area contributed by atoms with Crippen LogP contribution in [0.1, 0.15) is 5.76 Å². The van der Waals surface area contributed by atoms with Crippen LogP contribution in [0.4, 0.5) is 14.9 Å². The fraction of sp³-hybridized carbons (Fsp3) is 0. The SMILES string of the molecule is O=C1NC(=O)N(c2ccccc2)C(=O)C1=Cc1ccc(-c2ccccc2F)o1. The molecule has 7 heteroatoms. The van der Waals surface area contributed by atoms with Crippen LogP contribution in [0.25, 0.3) is 17.4 Å². The molecule has 0 atom stereocenters. The largest absolute Gasteiger partial charge is 0.457 e. The van der Waals surface area contributed by atoms with E-state index in [1.54, 1.807) is 48.5 Å². The molecule has 138 valence electrons. The number of barbiturate groups is 1. The summed E-state index contributed by atoms with van der Waals surface area (Å²) in [5, 5.41) is 2.13. The number of hydrogen-bond donors (Lipinski definition) is 1. The van der Waals surface area contributed by atoms with E-state index in [1.165, 1.54) is 24.3 Å². The Morgan fingerprint density at radius 2 is 1.61 bits per heavy atom. The molecule has 1 fully saturated rings. The van der Waals surface area contributed by atoms with E-state index < -0.39 is 23.7 Å². The molecule has 1 saturated heterocycles. The van der Waals surface area contributed by atoms with Gasteiger partial charge < -0.3 is 4.42 Å². The lowest BCUT2D eigenvalue weighted by molar-refractivity contribution is -0.122. The maximum atomic E-state index is 13.9. The van der Waals surface area contributed by atoms with Gasteiger partial charge in [-0.05, 0) is 42.5 Å². The number of benzene rings is 2. The van der Waals surface area contributed by atoms with Crippen molar-refractivity contribution >= 4 is 29.6 Å². The number of carbonyl (C=O) groups excluding carboxylic acids is 3. The molecule has 0 radical (unpaired) electrons. The lowest BCUT2D eigenvalue weighted by atomic mass is 10.1. The third-order valence-electron chi connectivity index (χ3n) is 4.17. The molecule has 2 aromatic carbocycles. The van der Waals surface area contributed by atoms with Crippen LogP contribution in [0.3, 0.4) is 0 Å². The number of para-hydroxylation sites is 1. The predicted molar refractivity (Wildman–Crippen MR) is 99.5 cm³/mol. The monoisotopic (exact) mass is 376 g/mol. The summed E-state index contributed by atoms with van der Waals surface area (Å²) in [6.45, 7) is 0. The number of urea groups is 1. The molecule has 0 bridgehead atoms. The zero-order chi connectivity index (χ0) is 19.7. The van der Waals surface area contributed by atoms with Gasteiger partial charge in [0.2, 0.25) is 0 Å². The van der Waals surface area contributed by atoms with Crippen molar-refractivity contribution in [1.82, 2.24) is 5.32 Å². The Morgan fingerprint density at radius 3 is 2.36 bits per heavy atom. The Balaban J connectivity index is 1.69. The van der Waals surface area contributed by atoms with E-state index in [-0.39, 0.29) is 22.7 Å². The second-order valence-corrected chi connectivity index (χ2v) is 5.98. The Bertz CT molecular complexity index is 1120. The standard InChI is InChI=1S/C21H13FN2O4/c22-17-9-5-4-8-15(17)18-11-10-14(28-18)12-16-19(25)23-21(27)24(20(16)26)13-6-2-1-3-7-13/h1-12H,(H,23,25,27). The summed E-state index contributed by atoms with van der Waals surface area (Å²) in [7, 11) is 0. The predicted octanol–water partition coefficient (Wildman–Crippen LogP) is 3.75. The summed E-state index contributed by atoms with van der Waals surface area (Å²) < 4.78 is 19.5. The average Bonchev–Trinajstić information content (AvgIpc) is 3.15. The van der Waals surface area contributed by atoms with Crippen molar-refractivity contribution in [3.63, 3.8) is 0 Å². The van der Waals surface area contributed by atoms with Gasteiger partial charge in [-0.1, -0.05) is 30.3 Å². The van der Waals surface area contributed by atoms with Crippen molar-refractivity contribution in [3.8, 4) is 11.3 Å². The number of furan rings is 1. The molecular formula is C21H13FN2O4. The van der Waals surface area contributed by atoms with Crippen LogP contribution in [0, 0.1) is 5.82 Å². The summed E-state index contributed by atoms with van der Waals surface area (Å²) in [5.41, 5.74) is 0.320. The number of anilines is 1. The highest BCUT2D eigenvalue weighted by molar-refractivity contribution is 6.39. The molecule has 2 heterocycles. The van der Waals surface area contributed by atoms with Gasteiger partial charge in [-0.25, -0.2) is 14.1 Å². The second-order valence-electron chi connectivity index (χ2n) is 5.98. The maximum Gasteiger partial charge on any atom is 0.335 e. The first-order valence-electron chi connectivity index (χ1n) is 8.36. The van der Waals surface area contributed by atoms with E-state index in [0.717, 1.165) is 4.90 Å². The van der Waals surface area contributed by atoms with Gasteiger partial charge in [0.25, 0.3) is 11.8 Å². The molecular weight excluding hydrogens is 363 g/mol. The number of hydrogen-bond acceptors (Lipinski definition) is 4. The molecule has 0 spiro atoms. The number of amides is 4. The molecule has 1 N–H and O–H groups in total. The lowest BCUT2D eigenvalue weighted by Crippen LogP contribution is -2.54. The van der Waals surface area contributed by atoms with Gasteiger partial charge in [0.05, 0.1) is 11.3 Å². The van der Waals surface area contributed by atoms with Crippen LogP contribution >= 0.6 is 0 Å². The number of nitrogens with zero attached hydrogens (tertiary/aromatic N) is 1. The van der Waals surface area contributed by atoms with Gasteiger partial charge in [0.1, 0.15) is 22.9 Å². The Kier molecular flexibility index (Phi) is 4.33. The van der Waals surface area contributed by atoms with Crippen LogP contribution in [0.2, 0.25) is 0 Å². The minimum absolute atomic E-state index is 0.180. The zero-order valence-corrected chi connectivity index (χ0v) is 14.4. The van der Waals surface area contributed by atoms with E-state index >= 15 is 0 Å². The maximum absolute atomic E-state index is 13.9. The molecule has 0 saturated carbocycles. The van der Waals surface area contributed by atoms with Crippen molar-refractivity contribution in [2.75, 3.05) is 4.90 Å². The fourth-order valence-electron chi connectivity index (χ4n) is 2.85. The van der Waals surface area contributed by atoms with E-state index in [9.17, 15) is 18.8 Å². The quantitative estimate of drug-likeness (QED) is 0.558. The molecule has 0 aliphatic carbocycles. The average molecular weight is 376 g/mol. The number of carbonyl (C=O) groups is 3. The number of imide groups is 2. The Labute approximate surface area is 158 Å². The van der Waals surface area contributed by atoms with E-state index in [2.05, 4.69) is 5.32 Å². The van der Waals surface area contributed by atoms with Crippen LogP contribution in [-0.4, -0.2) is 17.8 Å². The number of nitrogens with one attached hydrogen (secondary N) is 1. The van der Waals surface area contributed by atoms with Gasteiger partial charge in [-0.15, -0.1) is 0 Å². The summed E-state index contributed by atoms with van der Waals surface area (Å²) in [6.07, 6.45) is 1.23. The molecule has 0 unspecified atom stereocenters. The number of halogens is 1. The van der Waals surface area contributed by atoms with Crippen molar-refractivity contribution in [2.45, 2.75) is 0 Å². The first kappa shape index (κ1) is 17.4. The Hall–Kier alpha value is -4.00. The molecule has 1 aliphatic heterocycles. The number of rotatable bonds is 3. The van der Waals surface area contributed by atoms with E-state index in [1.807, 2.05) is 0 Å². The van der Waals surface area contributed by atoms with Crippen molar-refractivity contribution in [3.05, 3.63) is 83.9 Å².